The van der Waals surface area contributed by atoms with Crippen LogP contribution in [0.3, 0.4) is 0 Å². The number of ether oxygens (including phenoxy) is 2. The van der Waals surface area contributed by atoms with Crippen molar-refractivity contribution in [3.8, 4) is 5.75 Å². The molecular weight excluding hydrogens is 514 g/mol. The van der Waals surface area contributed by atoms with Crippen molar-refractivity contribution in [1.82, 2.24) is 14.8 Å². The zero-order valence-electron chi connectivity index (χ0n) is 25.0. The number of nitrogens with zero attached hydrogens (tertiary/aromatic N) is 3. The fourth-order valence-corrected chi connectivity index (χ4v) is 4.20. The molecule has 7 heteroatoms. The summed E-state index contributed by atoms with van der Waals surface area (Å²) in [5, 5.41) is 0. The van der Waals surface area contributed by atoms with Crippen LogP contribution < -0.4 is 4.74 Å². The molecule has 41 heavy (non-hydrogen) atoms. The Morgan fingerprint density at radius 2 is 1.51 bits per heavy atom. The Labute approximate surface area is 244 Å². The number of hydrogen-bond acceptors (Lipinski definition) is 5. The monoisotopic (exact) mass is 555 g/mol. The number of carbonyl (C=O) groups is 2. The Bertz CT molecular complexity index is 1330. The highest BCUT2D eigenvalue weighted by atomic mass is 16.6. The molecular formula is C34H41N3O4. The summed E-state index contributed by atoms with van der Waals surface area (Å²) in [5.41, 5.74) is 5.14. The van der Waals surface area contributed by atoms with Crippen LogP contribution >= 0.6 is 0 Å². The average Bonchev–Trinajstić information content (AvgIpc) is 2.95. The molecule has 0 aliphatic heterocycles. The molecule has 0 atom stereocenters. The van der Waals surface area contributed by atoms with E-state index in [0.29, 0.717) is 12.3 Å². The second-order valence-electron chi connectivity index (χ2n) is 10.7. The molecule has 0 spiro atoms. The Morgan fingerprint density at radius 1 is 0.878 bits per heavy atom. The number of likely N-dealkylation sites (N-methyl/N-ethyl adjacent to an activating group) is 1. The highest BCUT2D eigenvalue weighted by Gasteiger charge is 2.21. The maximum absolute atomic E-state index is 12.8. The molecule has 3 rings (SSSR count). The largest absolute Gasteiger partial charge is 0.492 e. The molecule has 0 saturated carbocycles. The molecule has 1 aromatic heterocycles. The fourth-order valence-electron chi connectivity index (χ4n) is 4.20. The van der Waals surface area contributed by atoms with Gasteiger partial charge in [0.25, 0.3) is 0 Å². The van der Waals surface area contributed by atoms with Crippen LogP contribution in [0.25, 0.3) is 11.1 Å². The van der Waals surface area contributed by atoms with Gasteiger partial charge in [0.1, 0.15) is 18.0 Å². The Kier molecular flexibility index (Phi) is 11.3. The van der Waals surface area contributed by atoms with Gasteiger partial charge in [-0.3, -0.25) is 9.78 Å². The molecule has 0 aliphatic rings. The third-order valence-corrected chi connectivity index (χ3v) is 6.20. The maximum atomic E-state index is 12.8. The van der Waals surface area contributed by atoms with Gasteiger partial charge in [0.05, 0.1) is 6.54 Å². The van der Waals surface area contributed by atoms with E-state index in [9.17, 15) is 9.59 Å². The molecule has 1 heterocycles. The molecule has 0 N–H and O–H groups in total. The summed E-state index contributed by atoms with van der Waals surface area (Å²) in [5.74, 6) is 0.548. The quantitative estimate of drug-likeness (QED) is 0.194. The fraction of sp³-hybridized carbons (Fsp3) is 0.324. The summed E-state index contributed by atoms with van der Waals surface area (Å²) in [4.78, 5) is 31.9. The molecule has 0 radical (unpaired) electrons. The van der Waals surface area contributed by atoms with Gasteiger partial charge in [-0.1, -0.05) is 55.5 Å². The lowest BCUT2D eigenvalue weighted by atomic mass is 9.88. The van der Waals surface area contributed by atoms with Crippen LogP contribution in [0.2, 0.25) is 0 Å². The molecule has 216 valence electrons. The summed E-state index contributed by atoms with van der Waals surface area (Å²) in [7, 11) is 3.36. The number of rotatable bonds is 11. The molecule has 0 fully saturated rings. The Balaban J connectivity index is 1.77. The smallest absolute Gasteiger partial charge is 0.410 e. The summed E-state index contributed by atoms with van der Waals surface area (Å²) < 4.78 is 11.6. The van der Waals surface area contributed by atoms with Gasteiger partial charge >= 0.3 is 6.09 Å². The van der Waals surface area contributed by atoms with Crippen LogP contribution in [0.1, 0.15) is 50.8 Å². The lowest BCUT2D eigenvalue weighted by molar-refractivity contribution is -0.123. The van der Waals surface area contributed by atoms with E-state index in [1.54, 1.807) is 20.2 Å². The van der Waals surface area contributed by atoms with Crippen LogP contribution in [0, 0.1) is 0 Å². The van der Waals surface area contributed by atoms with E-state index in [2.05, 4.69) is 48.3 Å². The highest BCUT2D eigenvalue weighted by Crippen LogP contribution is 2.34. The third kappa shape index (κ3) is 9.64. The van der Waals surface area contributed by atoms with Gasteiger partial charge in [-0.25, -0.2) is 4.79 Å². The topological polar surface area (TPSA) is 72.0 Å². The van der Waals surface area contributed by atoms with Gasteiger partial charge in [0, 0.05) is 39.1 Å². The van der Waals surface area contributed by atoms with Crippen molar-refractivity contribution in [3.63, 3.8) is 0 Å². The lowest BCUT2D eigenvalue weighted by Crippen LogP contribution is -2.39. The number of hydrogen-bond donors (Lipinski definition) is 0. The van der Waals surface area contributed by atoms with E-state index in [0.717, 1.165) is 23.1 Å². The van der Waals surface area contributed by atoms with Gasteiger partial charge in [-0.05, 0) is 79.3 Å². The van der Waals surface area contributed by atoms with Crippen molar-refractivity contribution < 1.29 is 19.1 Å². The first-order chi connectivity index (χ1) is 19.6. The number of pyridine rings is 1. The Hall–Kier alpha value is -4.39. The Morgan fingerprint density at radius 3 is 2.10 bits per heavy atom. The predicted octanol–water partition coefficient (Wildman–Crippen LogP) is 6.71. The summed E-state index contributed by atoms with van der Waals surface area (Å²) in [6.07, 6.45) is 7.14. The van der Waals surface area contributed by atoms with Crippen molar-refractivity contribution in [2.24, 2.45) is 0 Å². The highest BCUT2D eigenvalue weighted by molar-refractivity contribution is 5.98. The standard InChI is InChI=1S/C34H41N3O4/c1-7-30(26-12-9-8-10-13-26)32(28-19-21-35-22-20-28)27-15-17-29(18-16-27)40-25-24-37(33(39)41-34(2,3)4)23-11-14-31(38)36(5)6/h8-22H,7,23-25H2,1-6H3/b14-11+,32-30+. The minimum atomic E-state index is -0.633. The summed E-state index contributed by atoms with van der Waals surface area (Å²) in [6.45, 7) is 8.44. The molecule has 0 bridgehead atoms. The molecule has 7 nitrogen and oxygen atoms in total. The number of benzene rings is 2. The first-order valence-corrected chi connectivity index (χ1v) is 13.9. The average molecular weight is 556 g/mol. The van der Waals surface area contributed by atoms with Crippen molar-refractivity contribution in [2.45, 2.75) is 39.7 Å². The molecule has 0 saturated heterocycles. The maximum Gasteiger partial charge on any atom is 0.410 e. The van der Waals surface area contributed by atoms with Gasteiger partial charge in [0.15, 0.2) is 0 Å². The summed E-state index contributed by atoms with van der Waals surface area (Å²) in [6, 6.07) is 22.5. The van der Waals surface area contributed by atoms with E-state index in [4.69, 9.17) is 9.47 Å². The van der Waals surface area contributed by atoms with Gasteiger partial charge in [-0.15, -0.1) is 0 Å². The van der Waals surface area contributed by atoms with Crippen LogP contribution in [0.5, 0.6) is 5.75 Å². The van der Waals surface area contributed by atoms with Gasteiger partial charge < -0.3 is 19.3 Å². The minimum absolute atomic E-state index is 0.149. The third-order valence-electron chi connectivity index (χ3n) is 6.20. The molecule has 3 aromatic rings. The van der Waals surface area contributed by atoms with Gasteiger partial charge in [-0.2, -0.15) is 0 Å². The zero-order valence-corrected chi connectivity index (χ0v) is 25.0. The molecule has 0 aliphatic carbocycles. The first kappa shape index (κ1) is 31.1. The molecule has 2 aromatic carbocycles. The van der Waals surface area contributed by atoms with Crippen LogP contribution in [0.15, 0.2) is 91.3 Å². The lowest BCUT2D eigenvalue weighted by Gasteiger charge is -2.26. The van der Waals surface area contributed by atoms with E-state index in [1.807, 2.05) is 63.5 Å². The SMILES string of the molecule is CC/C(=C(\c1ccncc1)c1ccc(OCCN(C/C=C/C(=O)N(C)C)C(=O)OC(C)(C)C)cc1)c1ccccc1. The number of allylic oxidation sites excluding steroid dienone is 1. The van der Waals surface area contributed by atoms with Crippen molar-refractivity contribution >= 4 is 23.1 Å². The molecule has 2 amide bonds. The van der Waals surface area contributed by atoms with Crippen LogP contribution in [0.4, 0.5) is 4.79 Å². The number of carbonyl (C=O) groups excluding carboxylic acids is 2. The van der Waals surface area contributed by atoms with Crippen molar-refractivity contribution in [1.29, 1.82) is 0 Å². The zero-order chi connectivity index (χ0) is 29.8. The van der Waals surface area contributed by atoms with Gasteiger partial charge in [0.2, 0.25) is 5.91 Å². The summed E-state index contributed by atoms with van der Waals surface area (Å²) >= 11 is 0. The van der Waals surface area contributed by atoms with Crippen LogP contribution in [-0.4, -0.2) is 66.2 Å². The van der Waals surface area contributed by atoms with E-state index in [1.165, 1.54) is 27.0 Å². The second kappa shape index (κ2) is 14.8. The first-order valence-electron chi connectivity index (χ1n) is 13.9. The predicted molar refractivity (Wildman–Crippen MR) is 164 cm³/mol. The normalized spacial score (nSPS) is 12.0. The number of aromatic nitrogens is 1. The van der Waals surface area contributed by atoms with E-state index in [-0.39, 0.29) is 19.1 Å². The van der Waals surface area contributed by atoms with E-state index < -0.39 is 11.7 Å². The van der Waals surface area contributed by atoms with Crippen molar-refractivity contribution in [3.05, 3.63) is 108 Å². The second-order valence-corrected chi connectivity index (χ2v) is 10.7. The molecule has 0 unspecified atom stereocenters. The van der Waals surface area contributed by atoms with Crippen molar-refractivity contribution in [2.75, 3.05) is 33.8 Å². The minimum Gasteiger partial charge on any atom is -0.492 e. The van der Waals surface area contributed by atoms with Crippen LogP contribution in [-0.2, 0) is 9.53 Å². The number of amides is 2. The van der Waals surface area contributed by atoms with E-state index >= 15 is 0 Å².